The number of benzene rings is 1. The molecule has 0 bridgehead atoms. The molecule has 1 saturated heterocycles. The molecular formula is C13H17N3O3S2. The van der Waals surface area contributed by atoms with Crippen molar-refractivity contribution in [3.05, 3.63) is 29.3 Å². The van der Waals surface area contributed by atoms with Crippen molar-refractivity contribution in [3.63, 3.8) is 0 Å². The molecule has 0 spiro atoms. The second-order valence-electron chi connectivity index (χ2n) is 5.00. The Morgan fingerprint density at radius 3 is 2.57 bits per heavy atom. The minimum Gasteiger partial charge on any atom is -0.389 e. The summed E-state index contributed by atoms with van der Waals surface area (Å²) in [5.41, 5.74) is 6.65. The lowest BCUT2D eigenvalue weighted by molar-refractivity contribution is -0.132. The molecule has 114 valence electrons. The van der Waals surface area contributed by atoms with Gasteiger partial charge in [0.1, 0.15) is 4.99 Å². The van der Waals surface area contributed by atoms with Crippen LogP contribution in [0.5, 0.6) is 0 Å². The summed E-state index contributed by atoms with van der Waals surface area (Å²) in [4.78, 5) is 13.5. The van der Waals surface area contributed by atoms with E-state index in [0.717, 1.165) is 0 Å². The van der Waals surface area contributed by atoms with Gasteiger partial charge < -0.3 is 10.6 Å². The Bertz CT molecular complexity index is 701. The Hall–Kier alpha value is -1.51. The Morgan fingerprint density at radius 2 is 2.00 bits per heavy atom. The van der Waals surface area contributed by atoms with Crippen LogP contribution in [0, 0.1) is 6.92 Å². The molecular weight excluding hydrogens is 310 g/mol. The number of hydrogen-bond acceptors (Lipinski definition) is 4. The van der Waals surface area contributed by atoms with Crippen molar-refractivity contribution in [3.8, 4) is 0 Å². The van der Waals surface area contributed by atoms with E-state index in [4.69, 9.17) is 18.0 Å². The highest BCUT2D eigenvalue weighted by Crippen LogP contribution is 2.22. The Kier molecular flexibility index (Phi) is 4.31. The zero-order chi connectivity index (χ0) is 15.8. The van der Waals surface area contributed by atoms with Gasteiger partial charge in [-0.15, -0.1) is 0 Å². The Morgan fingerprint density at radius 1 is 1.33 bits per heavy atom. The summed E-state index contributed by atoms with van der Waals surface area (Å²) in [7, 11) is -2.08. The predicted octanol–water partition coefficient (Wildman–Crippen LogP) is 0.0919. The monoisotopic (exact) mass is 327 g/mol. The molecule has 1 heterocycles. The molecule has 0 unspecified atom stereocenters. The van der Waals surface area contributed by atoms with Gasteiger partial charge in [-0.3, -0.25) is 4.79 Å². The topological polar surface area (TPSA) is 83.7 Å². The summed E-state index contributed by atoms with van der Waals surface area (Å²) in [6.07, 6.45) is 0. The van der Waals surface area contributed by atoms with E-state index in [1.807, 2.05) is 0 Å². The van der Waals surface area contributed by atoms with Gasteiger partial charge in [-0.1, -0.05) is 24.4 Å². The quantitative estimate of drug-likeness (QED) is 0.796. The van der Waals surface area contributed by atoms with Gasteiger partial charge in [-0.05, 0) is 18.6 Å². The number of amides is 1. The lowest BCUT2D eigenvalue weighted by Gasteiger charge is -2.31. The Balaban J connectivity index is 2.42. The molecule has 2 N–H and O–H groups in total. The second kappa shape index (κ2) is 5.70. The lowest BCUT2D eigenvalue weighted by atomic mass is 10.1. The molecule has 1 amide bonds. The van der Waals surface area contributed by atoms with Crippen molar-refractivity contribution in [1.82, 2.24) is 9.21 Å². The highest BCUT2D eigenvalue weighted by molar-refractivity contribution is 7.89. The van der Waals surface area contributed by atoms with Crippen LogP contribution in [0.4, 0.5) is 0 Å². The van der Waals surface area contributed by atoms with Crippen LogP contribution in [0.25, 0.3) is 0 Å². The first-order valence-corrected chi connectivity index (χ1v) is 8.23. The molecule has 1 aromatic carbocycles. The van der Waals surface area contributed by atoms with Crippen molar-refractivity contribution in [2.24, 2.45) is 5.73 Å². The number of thiocarbonyl (C=S) groups is 1. The standard InChI is InChI=1S/C13H17N3O3S2/c1-9-3-4-10(13(14)20)7-11(9)21(18,19)16-6-5-15(2)12(17)8-16/h3-4,7H,5-6,8H2,1-2H3,(H2,14,20). The largest absolute Gasteiger partial charge is 0.389 e. The van der Waals surface area contributed by atoms with Gasteiger partial charge >= 0.3 is 0 Å². The first-order valence-electron chi connectivity index (χ1n) is 6.38. The zero-order valence-corrected chi connectivity index (χ0v) is 13.5. The molecule has 8 heteroatoms. The normalized spacial score (nSPS) is 17.0. The van der Waals surface area contributed by atoms with E-state index in [1.165, 1.54) is 15.3 Å². The van der Waals surface area contributed by atoms with Gasteiger partial charge in [-0.25, -0.2) is 8.42 Å². The lowest BCUT2D eigenvalue weighted by Crippen LogP contribution is -2.50. The summed E-state index contributed by atoms with van der Waals surface area (Å²) in [6.45, 7) is 2.22. The number of nitrogens with two attached hydrogens (primary N) is 1. The number of hydrogen-bond donors (Lipinski definition) is 1. The molecule has 0 saturated carbocycles. The highest BCUT2D eigenvalue weighted by Gasteiger charge is 2.32. The molecule has 0 atom stereocenters. The SMILES string of the molecule is Cc1ccc(C(N)=S)cc1S(=O)(=O)N1CCN(C)C(=O)C1. The number of sulfonamides is 1. The van der Waals surface area contributed by atoms with E-state index in [2.05, 4.69) is 0 Å². The van der Waals surface area contributed by atoms with Gasteiger partial charge in [0, 0.05) is 25.7 Å². The van der Waals surface area contributed by atoms with E-state index in [9.17, 15) is 13.2 Å². The second-order valence-corrected chi connectivity index (χ2v) is 7.34. The predicted molar refractivity (Wildman–Crippen MR) is 83.5 cm³/mol. The first-order chi connectivity index (χ1) is 9.73. The van der Waals surface area contributed by atoms with E-state index >= 15 is 0 Å². The van der Waals surface area contributed by atoms with E-state index in [0.29, 0.717) is 17.7 Å². The van der Waals surface area contributed by atoms with Crippen molar-refractivity contribution < 1.29 is 13.2 Å². The minimum atomic E-state index is -3.73. The van der Waals surface area contributed by atoms with E-state index in [-0.39, 0.29) is 28.9 Å². The van der Waals surface area contributed by atoms with E-state index < -0.39 is 10.0 Å². The van der Waals surface area contributed by atoms with Gasteiger partial charge in [-0.2, -0.15) is 4.31 Å². The van der Waals surface area contributed by atoms with Crippen molar-refractivity contribution in [2.45, 2.75) is 11.8 Å². The van der Waals surface area contributed by atoms with Crippen LogP contribution >= 0.6 is 12.2 Å². The third kappa shape index (κ3) is 3.07. The first kappa shape index (κ1) is 15.9. The van der Waals surface area contributed by atoms with Crippen LogP contribution in [0.15, 0.2) is 23.1 Å². The molecule has 6 nitrogen and oxygen atoms in total. The fourth-order valence-electron chi connectivity index (χ4n) is 2.11. The molecule has 2 rings (SSSR count). The fourth-order valence-corrected chi connectivity index (χ4v) is 3.87. The molecule has 0 aliphatic carbocycles. The number of piperazine rings is 1. The zero-order valence-electron chi connectivity index (χ0n) is 11.9. The number of rotatable bonds is 3. The van der Waals surface area contributed by atoms with Gasteiger partial charge in [0.25, 0.3) is 0 Å². The maximum Gasteiger partial charge on any atom is 0.243 e. The van der Waals surface area contributed by atoms with Crippen LogP contribution in [-0.4, -0.2) is 55.2 Å². The number of aryl methyl sites for hydroxylation is 1. The third-order valence-electron chi connectivity index (χ3n) is 3.51. The molecule has 21 heavy (non-hydrogen) atoms. The number of carbonyl (C=O) groups excluding carboxylic acids is 1. The summed E-state index contributed by atoms with van der Waals surface area (Å²) in [5, 5.41) is 0. The number of likely N-dealkylation sites (N-methyl/N-ethyl adjacent to an activating group) is 1. The van der Waals surface area contributed by atoms with Crippen molar-refractivity contribution in [2.75, 3.05) is 26.7 Å². The average molecular weight is 327 g/mol. The molecule has 1 fully saturated rings. The molecule has 1 aliphatic heterocycles. The Labute approximate surface area is 129 Å². The summed E-state index contributed by atoms with van der Waals surface area (Å²) >= 11 is 4.89. The van der Waals surface area contributed by atoms with Gasteiger partial charge in [0.05, 0.1) is 11.4 Å². The average Bonchev–Trinajstić information content (AvgIpc) is 2.41. The smallest absolute Gasteiger partial charge is 0.243 e. The summed E-state index contributed by atoms with van der Waals surface area (Å²) in [5.74, 6) is -0.215. The van der Waals surface area contributed by atoms with Crippen LogP contribution in [0.3, 0.4) is 0 Å². The van der Waals surface area contributed by atoms with Crippen LogP contribution in [0.2, 0.25) is 0 Å². The maximum atomic E-state index is 12.7. The van der Waals surface area contributed by atoms with Crippen molar-refractivity contribution in [1.29, 1.82) is 0 Å². The van der Waals surface area contributed by atoms with E-state index in [1.54, 1.807) is 26.1 Å². The van der Waals surface area contributed by atoms with Crippen LogP contribution < -0.4 is 5.73 Å². The van der Waals surface area contributed by atoms with Gasteiger partial charge in [0.2, 0.25) is 15.9 Å². The minimum absolute atomic E-state index is 0.140. The summed E-state index contributed by atoms with van der Waals surface area (Å²) in [6, 6.07) is 4.82. The number of nitrogens with zero attached hydrogens (tertiary/aromatic N) is 2. The molecule has 1 aliphatic rings. The van der Waals surface area contributed by atoms with Crippen LogP contribution in [0.1, 0.15) is 11.1 Å². The molecule has 0 radical (unpaired) electrons. The maximum absolute atomic E-state index is 12.7. The van der Waals surface area contributed by atoms with Crippen LogP contribution in [-0.2, 0) is 14.8 Å². The summed E-state index contributed by atoms with van der Waals surface area (Å²) < 4.78 is 26.6. The molecule has 1 aromatic rings. The van der Waals surface area contributed by atoms with Gasteiger partial charge in [0.15, 0.2) is 0 Å². The highest BCUT2D eigenvalue weighted by atomic mass is 32.2. The number of carbonyl (C=O) groups is 1. The van der Waals surface area contributed by atoms with Crippen molar-refractivity contribution >= 4 is 33.1 Å². The molecule has 0 aromatic heterocycles. The third-order valence-corrected chi connectivity index (χ3v) is 5.74. The fraction of sp³-hybridized carbons (Fsp3) is 0.385.